The number of hydrogen-bond acceptors (Lipinski definition) is 4. The number of amides is 1. The highest BCUT2D eigenvalue weighted by atomic mass is 16.5. The molecule has 2 heterocycles. The van der Waals surface area contributed by atoms with E-state index in [1.807, 2.05) is 0 Å². The van der Waals surface area contributed by atoms with E-state index in [0.717, 1.165) is 26.2 Å². The van der Waals surface area contributed by atoms with Crippen LogP contribution in [0, 0.1) is 0 Å². The highest BCUT2D eigenvalue weighted by molar-refractivity contribution is 5.83. The Bertz CT molecular complexity index is 542. The van der Waals surface area contributed by atoms with Crippen molar-refractivity contribution >= 4 is 11.6 Å². The lowest BCUT2D eigenvalue weighted by molar-refractivity contribution is -0.153. The molecule has 0 bridgehead atoms. The molecule has 0 spiro atoms. The summed E-state index contributed by atoms with van der Waals surface area (Å²) in [6.07, 6.45) is 2.54. The third-order valence-corrected chi connectivity index (χ3v) is 4.71. The number of benzene rings is 1. The van der Waals surface area contributed by atoms with E-state index >= 15 is 0 Å². The maximum Gasteiger partial charge on any atom is 0.250 e. The lowest BCUT2D eigenvalue weighted by Crippen LogP contribution is -2.56. The van der Waals surface area contributed by atoms with Crippen LogP contribution >= 0.6 is 0 Å². The number of nitrogens with zero attached hydrogens (tertiary/aromatic N) is 2. The van der Waals surface area contributed by atoms with Crippen LogP contribution in [0.5, 0.6) is 0 Å². The molecule has 1 aromatic carbocycles. The van der Waals surface area contributed by atoms with Crippen LogP contribution in [0.25, 0.3) is 0 Å². The standard InChI is InChI=1S/C17H25N3O2/c1-17(16(18)21)13-19(10-11-22-17)12-14-6-2-3-7-15(14)20-8-4-5-9-20/h2-3,6-7H,4-5,8-13H2,1H3,(H2,18,21)/t17-/m1/s1. The molecule has 2 saturated heterocycles. The minimum atomic E-state index is -0.874. The van der Waals surface area contributed by atoms with Crippen LogP contribution in [0.1, 0.15) is 25.3 Å². The lowest BCUT2D eigenvalue weighted by atomic mass is 10.0. The highest BCUT2D eigenvalue weighted by Gasteiger charge is 2.37. The van der Waals surface area contributed by atoms with Gasteiger partial charge in [-0.2, -0.15) is 0 Å². The van der Waals surface area contributed by atoms with E-state index in [9.17, 15) is 4.79 Å². The van der Waals surface area contributed by atoms with Gasteiger partial charge >= 0.3 is 0 Å². The van der Waals surface area contributed by atoms with Crippen LogP contribution in [0.4, 0.5) is 5.69 Å². The Morgan fingerprint density at radius 1 is 1.27 bits per heavy atom. The smallest absolute Gasteiger partial charge is 0.250 e. The molecule has 2 N–H and O–H groups in total. The Hall–Kier alpha value is -1.59. The molecule has 2 aliphatic rings. The molecule has 0 aliphatic carbocycles. The zero-order valence-corrected chi connectivity index (χ0v) is 13.3. The van der Waals surface area contributed by atoms with Gasteiger partial charge in [0.15, 0.2) is 5.60 Å². The molecule has 2 aliphatic heterocycles. The van der Waals surface area contributed by atoms with Crippen molar-refractivity contribution in [1.29, 1.82) is 0 Å². The number of anilines is 1. The predicted octanol–water partition coefficient (Wildman–Crippen LogP) is 1.36. The zero-order chi connectivity index (χ0) is 15.6. The zero-order valence-electron chi connectivity index (χ0n) is 13.3. The van der Waals surface area contributed by atoms with E-state index in [-0.39, 0.29) is 5.91 Å². The second-order valence-electron chi connectivity index (χ2n) is 6.48. The number of ether oxygens (including phenoxy) is 1. The first kappa shape index (κ1) is 15.3. The SMILES string of the molecule is C[C@]1(C(N)=O)CN(Cc2ccccc2N2CCCC2)CCO1. The molecule has 22 heavy (non-hydrogen) atoms. The van der Waals surface area contributed by atoms with Crippen LogP contribution in [0.2, 0.25) is 0 Å². The van der Waals surface area contributed by atoms with E-state index in [1.54, 1.807) is 6.92 Å². The van der Waals surface area contributed by atoms with Crippen molar-refractivity contribution in [3.63, 3.8) is 0 Å². The Balaban J connectivity index is 1.74. The Morgan fingerprint density at radius 2 is 2.00 bits per heavy atom. The summed E-state index contributed by atoms with van der Waals surface area (Å²) in [4.78, 5) is 16.3. The highest BCUT2D eigenvalue weighted by Crippen LogP contribution is 2.27. The Labute approximate surface area is 132 Å². The van der Waals surface area contributed by atoms with E-state index in [4.69, 9.17) is 10.5 Å². The molecular formula is C17H25N3O2. The van der Waals surface area contributed by atoms with E-state index in [1.165, 1.54) is 24.1 Å². The van der Waals surface area contributed by atoms with Gasteiger partial charge in [0.2, 0.25) is 0 Å². The third kappa shape index (κ3) is 3.10. The van der Waals surface area contributed by atoms with Crippen LogP contribution in [0.15, 0.2) is 24.3 Å². The Morgan fingerprint density at radius 3 is 2.73 bits per heavy atom. The van der Waals surface area contributed by atoms with Crippen LogP contribution in [-0.2, 0) is 16.1 Å². The summed E-state index contributed by atoms with van der Waals surface area (Å²) >= 11 is 0. The molecule has 3 rings (SSSR count). The molecule has 0 unspecified atom stereocenters. The first-order valence-corrected chi connectivity index (χ1v) is 8.07. The third-order valence-electron chi connectivity index (χ3n) is 4.71. The van der Waals surface area contributed by atoms with E-state index in [2.05, 4.69) is 34.1 Å². The number of morpholine rings is 1. The van der Waals surface area contributed by atoms with Crippen molar-refractivity contribution < 1.29 is 9.53 Å². The molecule has 5 heteroatoms. The topological polar surface area (TPSA) is 58.8 Å². The quantitative estimate of drug-likeness (QED) is 0.912. The van der Waals surface area contributed by atoms with Gasteiger partial charge in [0.25, 0.3) is 5.91 Å². The molecular weight excluding hydrogens is 278 g/mol. The molecule has 1 atom stereocenters. The minimum absolute atomic E-state index is 0.384. The summed E-state index contributed by atoms with van der Waals surface area (Å²) in [7, 11) is 0. The molecule has 5 nitrogen and oxygen atoms in total. The largest absolute Gasteiger partial charge is 0.371 e. The number of carbonyl (C=O) groups is 1. The fourth-order valence-electron chi connectivity index (χ4n) is 3.39. The molecule has 0 saturated carbocycles. The maximum atomic E-state index is 11.6. The van der Waals surface area contributed by atoms with Crippen LogP contribution in [0.3, 0.4) is 0 Å². The van der Waals surface area contributed by atoms with Gasteiger partial charge in [0.05, 0.1) is 6.61 Å². The predicted molar refractivity (Wildman–Crippen MR) is 86.7 cm³/mol. The Kier molecular flexibility index (Phi) is 4.36. The van der Waals surface area contributed by atoms with Gasteiger partial charge in [-0.3, -0.25) is 9.69 Å². The van der Waals surface area contributed by atoms with Gasteiger partial charge in [0.1, 0.15) is 0 Å². The van der Waals surface area contributed by atoms with Crippen molar-refractivity contribution in [2.24, 2.45) is 5.73 Å². The fraction of sp³-hybridized carbons (Fsp3) is 0.588. The monoisotopic (exact) mass is 303 g/mol. The number of para-hydroxylation sites is 1. The average Bonchev–Trinajstić information content (AvgIpc) is 3.02. The van der Waals surface area contributed by atoms with Crippen LogP contribution in [-0.4, -0.2) is 49.2 Å². The first-order chi connectivity index (χ1) is 10.6. The maximum absolute atomic E-state index is 11.6. The fourth-order valence-corrected chi connectivity index (χ4v) is 3.39. The molecule has 120 valence electrons. The molecule has 1 amide bonds. The van der Waals surface area contributed by atoms with Gasteiger partial charge in [-0.15, -0.1) is 0 Å². The second kappa shape index (κ2) is 6.26. The summed E-state index contributed by atoms with van der Waals surface area (Å²) in [6.45, 7) is 6.82. The van der Waals surface area contributed by atoms with Gasteiger partial charge in [-0.05, 0) is 31.4 Å². The summed E-state index contributed by atoms with van der Waals surface area (Å²) in [5.74, 6) is -0.384. The summed E-state index contributed by atoms with van der Waals surface area (Å²) in [6, 6.07) is 8.58. The van der Waals surface area contributed by atoms with Gasteiger partial charge < -0.3 is 15.4 Å². The number of primary amides is 1. The molecule has 0 radical (unpaired) electrons. The number of hydrogen-bond donors (Lipinski definition) is 1. The second-order valence-corrected chi connectivity index (χ2v) is 6.48. The van der Waals surface area contributed by atoms with Gasteiger partial charge in [-0.1, -0.05) is 18.2 Å². The average molecular weight is 303 g/mol. The minimum Gasteiger partial charge on any atom is -0.371 e. The van der Waals surface area contributed by atoms with E-state index < -0.39 is 5.60 Å². The van der Waals surface area contributed by atoms with Crippen molar-refractivity contribution in [3.05, 3.63) is 29.8 Å². The lowest BCUT2D eigenvalue weighted by Gasteiger charge is -2.38. The normalized spacial score (nSPS) is 26.3. The summed E-state index contributed by atoms with van der Waals surface area (Å²) in [5.41, 5.74) is 7.26. The molecule has 2 fully saturated rings. The van der Waals surface area contributed by atoms with E-state index in [0.29, 0.717) is 13.2 Å². The molecule has 1 aromatic rings. The number of rotatable bonds is 4. The van der Waals surface area contributed by atoms with Gasteiger partial charge in [0, 0.05) is 38.4 Å². The van der Waals surface area contributed by atoms with Crippen LogP contribution < -0.4 is 10.6 Å². The summed E-state index contributed by atoms with van der Waals surface area (Å²) in [5, 5.41) is 0. The van der Waals surface area contributed by atoms with Gasteiger partial charge in [-0.25, -0.2) is 0 Å². The summed E-state index contributed by atoms with van der Waals surface area (Å²) < 4.78 is 5.60. The van der Waals surface area contributed by atoms with Crippen molar-refractivity contribution in [3.8, 4) is 0 Å². The number of nitrogens with two attached hydrogens (primary N) is 1. The van der Waals surface area contributed by atoms with Crippen molar-refractivity contribution in [2.45, 2.75) is 31.9 Å². The van der Waals surface area contributed by atoms with Crippen molar-refractivity contribution in [2.75, 3.05) is 37.7 Å². The number of carbonyl (C=O) groups excluding carboxylic acids is 1. The van der Waals surface area contributed by atoms with Crippen molar-refractivity contribution in [1.82, 2.24) is 4.90 Å². The molecule has 0 aromatic heterocycles. The first-order valence-electron chi connectivity index (χ1n) is 8.07.